The number of amides is 3. The molecule has 3 fully saturated rings. The standard InChI is InChI=1S/C39H47F3N10O6/c1-3-30(53)48-28-17-29(33(32(28)54)58-36(55)39(40,41)42)52-21-45-31-34(44-19-27(22-7-5-4-6-8-22)23-9-11-26(57-2)12-10-23)49-37(50-35(31)52)51-16-14-25(20-51)47-38(56)46-24-13-15-43-18-24/h4-12,21,24-25,27-29,32-33,43,54H,3,13-20H2,1-2H3,(H,48,53)(H,44,49,50)(H2,46,47,56)/t24-,25-,27?,28+,29-,32-,33+/m1/s1. The molecule has 2 aliphatic heterocycles. The number of esters is 1. The average molecular weight is 809 g/mol. The lowest BCUT2D eigenvalue weighted by Crippen LogP contribution is -2.47. The van der Waals surface area contributed by atoms with Gasteiger partial charge in [-0.3, -0.25) is 4.79 Å². The Kier molecular flexibility index (Phi) is 12.2. The molecular formula is C39H47F3N10O6. The second-order valence-corrected chi connectivity index (χ2v) is 14.7. The number of nitrogens with one attached hydrogen (secondary N) is 5. The highest BCUT2D eigenvalue weighted by atomic mass is 19.4. The molecule has 19 heteroatoms. The molecule has 16 nitrogen and oxygen atoms in total. The van der Waals surface area contributed by atoms with Crippen LogP contribution in [-0.4, -0.2) is 119 Å². The molecule has 0 bridgehead atoms. The molecule has 2 aromatic carbocycles. The van der Waals surface area contributed by atoms with E-state index in [0.29, 0.717) is 44.2 Å². The number of halogens is 3. The van der Waals surface area contributed by atoms with Crippen LogP contribution in [0.25, 0.3) is 11.2 Å². The summed E-state index contributed by atoms with van der Waals surface area (Å²) in [6.07, 6.45) is -5.95. The summed E-state index contributed by atoms with van der Waals surface area (Å²) in [6, 6.07) is 15.0. The molecule has 3 aliphatic rings. The Bertz CT molecular complexity index is 2060. The number of nitrogens with zero attached hydrogens (tertiary/aromatic N) is 5. The van der Waals surface area contributed by atoms with E-state index >= 15 is 0 Å². The van der Waals surface area contributed by atoms with E-state index in [1.54, 1.807) is 14.0 Å². The van der Waals surface area contributed by atoms with Gasteiger partial charge in [-0.25, -0.2) is 14.6 Å². The first kappa shape index (κ1) is 40.5. The second-order valence-electron chi connectivity index (χ2n) is 14.7. The van der Waals surface area contributed by atoms with Crippen molar-refractivity contribution in [2.24, 2.45) is 0 Å². The van der Waals surface area contributed by atoms with Crippen molar-refractivity contribution in [1.29, 1.82) is 0 Å². The summed E-state index contributed by atoms with van der Waals surface area (Å²) in [5, 5.41) is 26.6. The lowest BCUT2D eigenvalue weighted by molar-refractivity contribution is -0.209. The summed E-state index contributed by atoms with van der Waals surface area (Å²) < 4.78 is 52.3. The van der Waals surface area contributed by atoms with Gasteiger partial charge in [-0.15, -0.1) is 0 Å². The predicted octanol–water partition coefficient (Wildman–Crippen LogP) is 2.99. The lowest BCUT2D eigenvalue weighted by Gasteiger charge is -2.25. The van der Waals surface area contributed by atoms with Crippen molar-refractivity contribution in [2.45, 2.75) is 81.1 Å². The quantitative estimate of drug-likeness (QED) is 0.108. The third-order valence-corrected chi connectivity index (χ3v) is 10.9. The summed E-state index contributed by atoms with van der Waals surface area (Å²) in [6.45, 7) is 4.32. The van der Waals surface area contributed by atoms with Gasteiger partial charge in [-0.1, -0.05) is 49.4 Å². The number of aromatic nitrogens is 4. The van der Waals surface area contributed by atoms with Crippen LogP contribution in [0.5, 0.6) is 5.75 Å². The molecule has 310 valence electrons. The molecule has 58 heavy (non-hydrogen) atoms. The minimum atomic E-state index is -5.33. The van der Waals surface area contributed by atoms with Crippen molar-refractivity contribution in [3.8, 4) is 5.75 Å². The molecule has 4 aromatic rings. The first-order chi connectivity index (χ1) is 27.9. The fraction of sp³-hybridized carbons (Fsp3) is 0.487. The van der Waals surface area contributed by atoms with Crippen LogP contribution in [0, 0.1) is 0 Å². The maximum absolute atomic E-state index is 13.5. The zero-order valence-electron chi connectivity index (χ0n) is 32.0. The maximum Gasteiger partial charge on any atom is 0.490 e. The topological polar surface area (TPSA) is 197 Å². The van der Waals surface area contributed by atoms with Crippen molar-refractivity contribution in [2.75, 3.05) is 50.1 Å². The van der Waals surface area contributed by atoms with E-state index in [1.165, 1.54) is 10.9 Å². The van der Waals surface area contributed by atoms with E-state index < -0.39 is 42.3 Å². The van der Waals surface area contributed by atoms with Crippen LogP contribution in [0.1, 0.15) is 55.7 Å². The summed E-state index contributed by atoms with van der Waals surface area (Å²) in [4.78, 5) is 53.7. The third-order valence-electron chi connectivity index (χ3n) is 10.9. The van der Waals surface area contributed by atoms with Crippen LogP contribution in [0.2, 0.25) is 0 Å². The van der Waals surface area contributed by atoms with Crippen LogP contribution in [0.15, 0.2) is 60.9 Å². The highest BCUT2D eigenvalue weighted by Crippen LogP contribution is 2.38. The first-order valence-electron chi connectivity index (χ1n) is 19.4. The molecule has 3 amide bonds. The molecule has 7 rings (SSSR count). The number of urea groups is 1. The monoisotopic (exact) mass is 808 g/mol. The largest absolute Gasteiger partial charge is 0.497 e. The molecule has 0 spiro atoms. The molecule has 1 aliphatic carbocycles. The molecule has 2 saturated heterocycles. The van der Waals surface area contributed by atoms with E-state index in [9.17, 15) is 32.7 Å². The Balaban J connectivity index is 1.24. The smallest absolute Gasteiger partial charge is 0.490 e. The number of anilines is 2. The minimum Gasteiger partial charge on any atom is -0.497 e. The zero-order chi connectivity index (χ0) is 41.0. The molecular weight excluding hydrogens is 761 g/mol. The van der Waals surface area contributed by atoms with Crippen LogP contribution in [0.4, 0.5) is 29.7 Å². The van der Waals surface area contributed by atoms with Crippen molar-refractivity contribution >= 4 is 40.8 Å². The minimum absolute atomic E-state index is 0.0398. The van der Waals surface area contributed by atoms with Crippen LogP contribution >= 0.6 is 0 Å². The molecule has 1 saturated carbocycles. The Morgan fingerprint density at radius 3 is 2.43 bits per heavy atom. The fourth-order valence-corrected chi connectivity index (χ4v) is 7.86. The molecule has 4 heterocycles. The van der Waals surface area contributed by atoms with Crippen molar-refractivity contribution < 1.29 is 42.1 Å². The number of carbonyl (C=O) groups excluding carboxylic acids is 3. The highest BCUT2D eigenvalue weighted by Gasteiger charge is 2.51. The molecule has 7 atom stereocenters. The number of hydrogen-bond donors (Lipinski definition) is 6. The van der Waals surface area contributed by atoms with E-state index in [4.69, 9.17) is 19.4 Å². The van der Waals surface area contributed by atoms with E-state index in [2.05, 4.69) is 31.6 Å². The van der Waals surface area contributed by atoms with Gasteiger partial charge in [0.25, 0.3) is 0 Å². The lowest BCUT2D eigenvalue weighted by atomic mass is 9.91. The number of ether oxygens (including phenoxy) is 2. The number of methoxy groups -OCH3 is 1. The van der Waals surface area contributed by atoms with Gasteiger partial charge in [-0.05, 0) is 49.1 Å². The third kappa shape index (κ3) is 9.04. The maximum atomic E-state index is 13.5. The van der Waals surface area contributed by atoms with Gasteiger partial charge in [0, 0.05) is 50.6 Å². The van der Waals surface area contributed by atoms with E-state index in [0.717, 1.165) is 24.1 Å². The Morgan fingerprint density at radius 1 is 1.00 bits per heavy atom. The Hall–Kier alpha value is -5.69. The predicted molar refractivity (Wildman–Crippen MR) is 206 cm³/mol. The average Bonchev–Trinajstić information content (AvgIpc) is 4.04. The molecule has 2 aromatic heterocycles. The molecule has 6 N–H and O–H groups in total. The van der Waals surface area contributed by atoms with Gasteiger partial charge in [0.2, 0.25) is 11.9 Å². The number of imidazole rings is 1. The summed E-state index contributed by atoms with van der Waals surface area (Å²) in [5.41, 5.74) is 2.49. The van der Waals surface area contributed by atoms with Crippen molar-refractivity contribution in [3.63, 3.8) is 0 Å². The Morgan fingerprint density at radius 2 is 1.74 bits per heavy atom. The van der Waals surface area contributed by atoms with Gasteiger partial charge in [-0.2, -0.15) is 23.1 Å². The van der Waals surface area contributed by atoms with Crippen LogP contribution in [0.3, 0.4) is 0 Å². The van der Waals surface area contributed by atoms with Gasteiger partial charge in [0.1, 0.15) is 11.9 Å². The number of alkyl halides is 3. The van der Waals surface area contributed by atoms with E-state index in [-0.39, 0.29) is 54.0 Å². The number of fused-ring (bicyclic) bond motifs is 1. The van der Waals surface area contributed by atoms with Crippen molar-refractivity contribution in [1.82, 2.24) is 40.8 Å². The van der Waals surface area contributed by atoms with Gasteiger partial charge >= 0.3 is 18.2 Å². The van der Waals surface area contributed by atoms with Crippen molar-refractivity contribution in [3.05, 3.63) is 72.1 Å². The molecule has 0 radical (unpaired) electrons. The second kappa shape index (κ2) is 17.4. The van der Waals surface area contributed by atoms with Gasteiger partial charge < -0.3 is 50.6 Å². The highest BCUT2D eigenvalue weighted by molar-refractivity contribution is 5.85. The summed E-state index contributed by atoms with van der Waals surface area (Å²) in [7, 11) is 1.60. The first-order valence-corrected chi connectivity index (χ1v) is 19.4. The zero-order valence-corrected chi connectivity index (χ0v) is 32.0. The number of carbonyl (C=O) groups is 3. The SMILES string of the molecule is CCC(=O)N[C@H]1C[C@@H](n2cnc3c(NCC(c4ccccc4)c4ccc(OC)cc4)nc(N4CC[C@@H](NC(=O)N[C@@H]5CCNC5)C4)nc32)[C@H](OC(=O)C(F)(F)F)[C@@H]1O. The normalized spacial score (nSPS) is 23.7. The number of benzene rings is 2. The van der Waals surface area contributed by atoms with Gasteiger partial charge in [0.15, 0.2) is 23.1 Å². The fourth-order valence-electron chi connectivity index (χ4n) is 7.86. The van der Waals surface area contributed by atoms with Gasteiger partial charge in [0.05, 0.1) is 25.5 Å². The van der Waals surface area contributed by atoms with Crippen LogP contribution < -0.4 is 36.2 Å². The number of aliphatic hydroxyl groups is 1. The number of aliphatic hydroxyl groups excluding tert-OH is 1. The number of rotatable bonds is 13. The summed E-state index contributed by atoms with van der Waals surface area (Å²) in [5.74, 6) is -1.78. The Labute approximate surface area is 332 Å². The summed E-state index contributed by atoms with van der Waals surface area (Å²) >= 11 is 0. The van der Waals surface area contributed by atoms with Crippen LogP contribution in [-0.2, 0) is 14.3 Å². The van der Waals surface area contributed by atoms with E-state index in [1.807, 2.05) is 59.5 Å². The number of hydrogen-bond acceptors (Lipinski definition) is 12. The molecule has 1 unspecified atom stereocenters.